The van der Waals surface area contributed by atoms with Gasteiger partial charge in [0.15, 0.2) is 0 Å². The molecule has 0 amide bonds. The molecule has 1 aromatic rings. The summed E-state index contributed by atoms with van der Waals surface area (Å²) in [5.41, 5.74) is 3.41. The van der Waals surface area contributed by atoms with Gasteiger partial charge in [0.1, 0.15) is 0 Å². The molecule has 0 bridgehead atoms. The summed E-state index contributed by atoms with van der Waals surface area (Å²) in [6, 6.07) is 0.471. The first-order valence-electron chi connectivity index (χ1n) is 8.51. The normalized spacial score (nSPS) is 26.3. The third-order valence-corrected chi connectivity index (χ3v) is 6.21. The number of nitrogens with zero attached hydrogens (tertiary/aromatic N) is 1. The van der Waals surface area contributed by atoms with Crippen molar-refractivity contribution < 1.29 is 4.74 Å². The van der Waals surface area contributed by atoms with Crippen LogP contribution in [0.1, 0.15) is 68.5 Å². The Morgan fingerprint density at radius 1 is 1.48 bits per heavy atom. The van der Waals surface area contributed by atoms with Crippen molar-refractivity contribution in [1.29, 1.82) is 0 Å². The van der Waals surface area contributed by atoms with Gasteiger partial charge >= 0.3 is 0 Å². The Kier molecular flexibility index (Phi) is 4.97. The van der Waals surface area contributed by atoms with E-state index in [4.69, 9.17) is 4.74 Å². The van der Waals surface area contributed by atoms with Crippen molar-refractivity contribution in [1.82, 2.24) is 10.3 Å². The lowest BCUT2D eigenvalue weighted by atomic mass is 9.80. The number of aromatic nitrogens is 1. The average Bonchev–Trinajstić information content (AvgIpc) is 3.10. The fourth-order valence-electron chi connectivity index (χ4n) is 4.10. The molecule has 3 rings (SSSR count). The summed E-state index contributed by atoms with van der Waals surface area (Å²) in [6.07, 6.45) is 8.82. The van der Waals surface area contributed by atoms with Gasteiger partial charge in [-0.15, -0.1) is 11.3 Å². The highest BCUT2D eigenvalue weighted by Gasteiger charge is 2.42. The molecule has 2 aliphatic rings. The Labute approximate surface area is 132 Å². The van der Waals surface area contributed by atoms with Crippen LogP contribution < -0.4 is 5.32 Å². The molecular formula is C17H28N2OS. The zero-order valence-corrected chi connectivity index (χ0v) is 14.2. The van der Waals surface area contributed by atoms with Gasteiger partial charge in [-0.25, -0.2) is 4.98 Å². The van der Waals surface area contributed by atoms with Crippen molar-refractivity contribution in [3.05, 3.63) is 16.1 Å². The summed E-state index contributed by atoms with van der Waals surface area (Å²) in [7, 11) is 0. The van der Waals surface area contributed by atoms with E-state index < -0.39 is 0 Å². The molecule has 0 aromatic carbocycles. The van der Waals surface area contributed by atoms with Gasteiger partial charge in [0.05, 0.1) is 16.8 Å². The summed E-state index contributed by atoms with van der Waals surface area (Å²) < 4.78 is 6.22. The third kappa shape index (κ3) is 3.33. The van der Waals surface area contributed by atoms with E-state index >= 15 is 0 Å². The van der Waals surface area contributed by atoms with Crippen molar-refractivity contribution in [2.24, 2.45) is 5.92 Å². The van der Waals surface area contributed by atoms with Crippen LogP contribution in [0.5, 0.6) is 0 Å². The van der Waals surface area contributed by atoms with Crippen LogP contribution in [0.2, 0.25) is 0 Å². The molecule has 3 nitrogen and oxygen atoms in total. The molecule has 1 aliphatic carbocycles. The molecule has 21 heavy (non-hydrogen) atoms. The van der Waals surface area contributed by atoms with Gasteiger partial charge in [-0.2, -0.15) is 0 Å². The number of hydrogen-bond donors (Lipinski definition) is 1. The topological polar surface area (TPSA) is 34.2 Å². The number of thiazole rings is 1. The second kappa shape index (κ2) is 6.76. The first-order valence-corrected chi connectivity index (χ1v) is 9.39. The number of ether oxygens (including phenoxy) is 1. The highest BCUT2D eigenvalue weighted by molar-refractivity contribution is 7.09. The SMILES string of the molecule is CCCNC(c1scnc1C)C1CCOC2(CCCC2)C1. The quantitative estimate of drug-likeness (QED) is 0.884. The first kappa shape index (κ1) is 15.4. The standard InChI is InChI=1S/C17H28N2OS/c1-3-9-18-15(16-13(2)19-12-21-16)14-6-10-20-17(11-14)7-4-5-8-17/h12,14-15,18H,3-11H2,1-2H3. The Morgan fingerprint density at radius 3 is 2.95 bits per heavy atom. The van der Waals surface area contributed by atoms with Crippen molar-refractivity contribution in [3.63, 3.8) is 0 Å². The van der Waals surface area contributed by atoms with Gasteiger partial charge in [-0.1, -0.05) is 19.8 Å². The van der Waals surface area contributed by atoms with Crippen LogP contribution in [0, 0.1) is 12.8 Å². The molecule has 2 fully saturated rings. The van der Waals surface area contributed by atoms with Crippen molar-refractivity contribution in [2.75, 3.05) is 13.2 Å². The van der Waals surface area contributed by atoms with E-state index in [1.54, 1.807) is 0 Å². The van der Waals surface area contributed by atoms with Crippen molar-refractivity contribution in [2.45, 2.75) is 70.4 Å². The van der Waals surface area contributed by atoms with Gasteiger partial charge in [-0.3, -0.25) is 0 Å². The van der Waals surface area contributed by atoms with Gasteiger partial charge in [-0.05, 0) is 51.5 Å². The maximum atomic E-state index is 6.22. The minimum Gasteiger partial charge on any atom is -0.375 e. The van der Waals surface area contributed by atoms with E-state index in [0.29, 0.717) is 12.0 Å². The van der Waals surface area contributed by atoms with Gasteiger partial charge in [0.2, 0.25) is 0 Å². The highest BCUT2D eigenvalue weighted by atomic mass is 32.1. The van der Waals surface area contributed by atoms with Crippen LogP contribution in [-0.4, -0.2) is 23.7 Å². The van der Waals surface area contributed by atoms with Gasteiger partial charge in [0.25, 0.3) is 0 Å². The molecule has 2 atom stereocenters. The van der Waals surface area contributed by atoms with E-state index in [0.717, 1.165) is 13.2 Å². The highest BCUT2D eigenvalue weighted by Crippen LogP contribution is 2.46. The van der Waals surface area contributed by atoms with Crippen molar-refractivity contribution in [3.8, 4) is 0 Å². The molecule has 0 radical (unpaired) electrons. The van der Waals surface area contributed by atoms with Crippen LogP contribution in [0.15, 0.2) is 5.51 Å². The Bertz CT molecular complexity index is 453. The molecule has 4 heteroatoms. The predicted octanol–water partition coefficient (Wildman–Crippen LogP) is 4.23. The maximum Gasteiger partial charge on any atom is 0.0798 e. The molecular weight excluding hydrogens is 280 g/mol. The summed E-state index contributed by atoms with van der Waals surface area (Å²) in [5.74, 6) is 0.697. The molecule has 1 saturated carbocycles. The van der Waals surface area contributed by atoms with E-state index in [1.807, 2.05) is 16.8 Å². The molecule has 118 valence electrons. The molecule has 1 N–H and O–H groups in total. The van der Waals surface area contributed by atoms with E-state index in [1.165, 1.54) is 55.5 Å². The monoisotopic (exact) mass is 308 g/mol. The summed E-state index contributed by atoms with van der Waals surface area (Å²) in [4.78, 5) is 5.92. The van der Waals surface area contributed by atoms with E-state index in [2.05, 4.69) is 24.1 Å². The number of rotatable bonds is 5. The molecule has 2 heterocycles. The Hall–Kier alpha value is -0.450. The zero-order valence-electron chi connectivity index (χ0n) is 13.4. The number of aryl methyl sites for hydroxylation is 1. The Morgan fingerprint density at radius 2 is 2.29 bits per heavy atom. The predicted molar refractivity (Wildman–Crippen MR) is 87.8 cm³/mol. The van der Waals surface area contributed by atoms with Gasteiger partial charge < -0.3 is 10.1 Å². The van der Waals surface area contributed by atoms with Crippen LogP contribution in [0.4, 0.5) is 0 Å². The third-order valence-electron chi connectivity index (χ3n) is 5.20. The molecule has 1 aliphatic heterocycles. The minimum absolute atomic E-state index is 0.202. The zero-order chi connectivity index (χ0) is 14.7. The largest absolute Gasteiger partial charge is 0.375 e. The van der Waals surface area contributed by atoms with Crippen LogP contribution >= 0.6 is 11.3 Å². The maximum absolute atomic E-state index is 6.22. The van der Waals surface area contributed by atoms with Crippen molar-refractivity contribution >= 4 is 11.3 Å². The molecule has 1 spiro atoms. The van der Waals surface area contributed by atoms with Crippen LogP contribution in [-0.2, 0) is 4.74 Å². The summed E-state index contributed by atoms with van der Waals surface area (Å²) >= 11 is 1.82. The smallest absolute Gasteiger partial charge is 0.0798 e. The molecule has 2 unspecified atom stereocenters. The molecule has 1 aromatic heterocycles. The van der Waals surface area contributed by atoms with E-state index in [9.17, 15) is 0 Å². The molecule has 1 saturated heterocycles. The second-order valence-corrected chi connectivity index (χ2v) is 7.61. The average molecular weight is 308 g/mol. The Balaban J connectivity index is 1.77. The van der Waals surface area contributed by atoms with Crippen LogP contribution in [0.3, 0.4) is 0 Å². The number of hydrogen-bond acceptors (Lipinski definition) is 4. The lowest BCUT2D eigenvalue weighted by Gasteiger charge is -2.41. The fourth-order valence-corrected chi connectivity index (χ4v) is 5.07. The summed E-state index contributed by atoms with van der Waals surface area (Å²) in [6.45, 7) is 6.42. The first-order chi connectivity index (χ1) is 10.2. The summed E-state index contributed by atoms with van der Waals surface area (Å²) in [5, 5.41) is 3.80. The van der Waals surface area contributed by atoms with Gasteiger partial charge in [0, 0.05) is 17.5 Å². The second-order valence-electron chi connectivity index (χ2n) is 6.73. The minimum atomic E-state index is 0.202. The van der Waals surface area contributed by atoms with E-state index in [-0.39, 0.29) is 5.60 Å². The fraction of sp³-hybridized carbons (Fsp3) is 0.824. The number of nitrogens with one attached hydrogen (secondary N) is 1. The lowest BCUT2D eigenvalue weighted by molar-refractivity contribution is -0.0980. The van der Waals surface area contributed by atoms with Crippen LogP contribution in [0.25, 0.3) is 0 Å². The lowest BCUT2D eigenvalue weighted by Crippen LogP contribution is -2.42.